The molecule has 0 amide bonds. The standard InChI is InChI=1S/C11H9NO3S/c13-7-9-6-10(12-11(9)16(14)15)8-4-2-1-3-5-8/h1-7,9,12H. The molecule has 16 heavy (non-hydrogen) atoms. The van der Waals surface area contributed by atoms with Crippen molar-refractivity contribution in [1.29, 1.82) is 0 Å². The summed E-state index contributed by atoms with van der Waals surface area (Å²) in [6.45, 7) is 0. The highest BCUT2D eigenvalue weighted by molar-refractivity contribution is 7.73. The molecule has 0 aliphatic carbocycles. The summed E-state index contributed by atoms with van der Waals surface area (Å²) >= 11 is 0. The van der Waals surface area contributed by atoms with E-state index in [2.05, 4.69) is 5.32 Å². The Morgan fingerprint density at radius 1 is 1.19 bits per heavy atom. The SMILES string of the molecule is O=CC1C=C(c2ccccc2)NC1=S(=O)=O. The lowest BCUT2D eigenvalue weighted by Gasteiger charge is -2.02. The highest BCUT2D eigenvalue weighted by atomic mass is 32.2. The van der Waals surface area contributed by atoms with Crippen LogP contribution >= 0.6 is 0 Å². The summed E-state index contributed by atoms with van der Waals surface area (Å²) in [6, 6.07) is 9.25. The molecule has 1 heterocycles. The van der Waals surface area contributed by atoms with Gasteiger partial charge in [-0.25, -0.2) is 0 Å². The summed E-state index contributed by atoms with van der Waals surface area (Å²) in [5, 5.41) is 2.74. The zero-order valence-corrected chi connectivity index (χ0v) is 9.07. The first-order valence-electron chi connectivity index (χ1n) is 4.68. The molecule has 1 unspecified atom stereocenters. The van der Waals surface area contributed by atoms with Crippen LogP contribution in [0.1, 0.15) is 5.56 Å². The lowest BCUT2D eigenvalue weighted by atomic mass is 10.1. The fourth-order valence-electron chi connectivity index (χ4n) is 1.55. The Balaban J connectivity index is 2.42. The van der Waals surface area contributed by atoms with Crippen molar-refractivity contribution in [2.75, 3.05) is 0 Å². The van der Waals surface area contributed by atoms with Gasteiger partial charge in [0.2, 0.25) is 10.3 Å². The molecule has 2 rings (SSSR count). The largest absolute Gasteiger partial charge is 0.345 e. The lowest BCUT2D eigenvalue weighted by Crippen LogP contribution is -2.23. The maximum Gasteiger partial charge on any atom is 0.234 e. The van der Waals surface area contributed by atoms with E-state index in [1.165, 1.54) is 0 Å². The summed E-state index contributed by atoms with van der Waals surface area (Å²) in [6.07, 6.45) is 2.21. The number of nitrogens with one attached hydrogen (secondary N) is 1. The minimum absolute atomic E-state index is 0.00820. The van der Waals surface area contributed by atoms with Gasteiger partial charge in [0.1, 0.15) is 6.29 Å². The molecule has 1 aliphatic heterocycles. The zero-order chi connectivity index (χ0) is 11.5. The van der Waals surface area contributed by atoms with Crippen molar-refractivity contribution in [3.05, 3.63) is 42.0 Å². The average Bonchev–Trinajstić information content (AvgIpc) is 2.74. The smallest absolute Gasteiger partial charge is 0.234 e. The molecule has 0 fully saturated rings. The second kappa shape index (κ2) is 4.32. The maximum absolute atomic E-state index is 10.9. The quantitative estimate of drug-likeness (QED) is 0.597. The second-order valence-corrected chi connectivity index (χ2v) is 4.24. The molecule has 1 aromatic carbocycles. The first-order chi connectivity index (χ1) is 7.72. The van der Waals surface area contributed by atoms with Crippen LogP contribution in [-0.4, -0.2) is 19.7 Å². The van der Waals surface area contributed by atoms with Crippen LogP contribution in [0.4, 0.5) is 0 Å². The monoisotopic (exact) mass is 235 g/mol. The van der Waals surface area contributed by atoms with Crippen molar-refractivity contribution in [2.45, 2.75) is 0 Å². The van der Waals surface area contributed by atoms with Gasteiger partial charge in [-0.1, -0.05) is 30.3 Å². The van der Waals surface area contributed by atoms with Crippen molar-refractivity contribution < 1.29 is 13.2 Å². The fraction of sp³-hybridized carbons (Fsp3) is 0.0909. The van der Waals surface area contributed by atoms with Gasteiger partial charge in [-0.05, 0) is 11.6 Å². The van der Waals surface area contributed by atoms with E-state index in [0.29, 0.717) is 12.0 Å². The molecule has 0 spiro atoms. The molecule has 0 saturated heterocycles. The van der Waals surface area contributed by atoms with Gasteiger partial charge in [0.25, 0.3) is 0 Å². The van der Waals surface area contributed by atoms with Crippen molar-refractivity contribution in [1.82, 2.24) is 5.32 Å². The molecule has 1 N–H and O–H groups in total. The Hall–Kier alpha value is -1.88. The molecule has 0 saturated carbocycles. The van der Waals surface area contributed by atoms with E-state index in [0.717, 1.165) is 5.56 Å². The van der Waals surface area contributed by atoms with Gasteiger partial charge in [0.05, 0.1) is 5.92 Å². The number of benzene rings is 1. The molecule has 5 heteroatoms. The molecule has 4 nitrogen and oxygen atoms in total. The van der Waals surface area contributed by atoms with E-state index < -0.39 is 16.2 Å². The number of hydrogen-bond acceptors (Lipinski definition) is 3. The molecule has 1 aliphatic rings. The van der Waals surface area contributed by atoms with Crippen molar-refractivity contribution in [3.8, 4) is 0 Å². The number of rotatable bonds is 2. The second-order valence-electron chi connectivity index (χ2n) is 3.33. The van der Waals surface area contributed by atoms with E-state index in [-0.39, 0.29) is 4.99 Å². The Kier molecular flexibility index (Phi) is 2.87. The van der Waals surface area contributed by atoms with E-state index in [1.807, 2.05) is 30.3 Å². The molecule has 1 atom stereocenters. The van der Waals surface area contributed by atoms with Gasteiger partial charge in [0, 0.05) is 5.70 Å². The Morgan fingerprint density at radius 2 is 1.88 bits per heavy atom. The Bertz CT molecular complexity index is 565. The van der Waals surface area contributed by atoms with E-state index in [4.69, 9.17) is 0 Å². The first-order valence-corrected chi connectivity index (χ1v) is 5.75. The summed E-state index contributed by atoms with van der Waals surface area (Å²) in [7, 11) is -2.39. The Morgan fingerprint density at radius 3 is 2.38 bits per heavy atom. The summed E-state index contributed by atoms with van der Waals surface area (Å²) in [5.74, 6) is -0.700. The number of carbonyl (C=O) groups is 1. The van der Waals surface area contributed by atoms with E-state index >= 15 is 0 Å². The highest BCUT2D eigenvalue weighted by Gasteiger charge is 2.23. The van der Waals surface area contributed by atoms with Crippen LogP contribution in [0.25, 0.3) is 5.70 Å². The van der Waals surface area contributed by atoms with Crippen LogP contribution in [-0.2, 0) is 15.1 Å². The predicted octanol–water partition coefficient (Wildman–Crippen LogP) is 0.455. The van der Waals surface area contributed by atoms with Gasteiger partial charge < -0.3 is 10.1 Å². The van der Waals surface area contributed by atoms with Crippen molar-refractivity contribution in [3.63, 3.8) is 0 Å². The first kappa shape index (κ1) is 10.6. The highest BCUT2D eigenvalue weighted by Crippen LogP contribution is 2.19. The van der Waals surface area contributed by atoms with Crippen LogP contribution in [0.15, 0.2) is 36.4 Å². The van der Waals surface area contributed by atoms with Crippen LogP contribution in [0, 0.1) is 5.92 Å². The summed E-state index contributed by atoms with van der Waals surface area (Å²) in [5.41, 5.74) is 1.51. The van der Waals surface area contributed by atoms with Crippen LogP contribution in [0.3, 0.4) is 0 Å². The lowest BCUT2D eigenvalue weighted by molar-refractivity contribution is -0.108. The maximum atomic E-state index is 10.9. The Labute approximate surface area is 94.1 Å². The zero-order valence-electron chi connectivity index (χ0n) is 8.25. The van der Waals surface area contributed by atoms with Crippen LogP contribution in [0.5, 0.6) is 0 Å². The summed E-state index contributed by atoms with van der Waals surface area (Å²) < 4.78 is 21.7. The number of aldehydes is 1. The third-order valence-corrected chi connectivity index (χ3v) is 3.05. The summed E-state index contributed by atoms with van der Waals surface area (Å²) in [4.78, 5) is 10.7. The minimum atomic E-state index is -2.39. The molecule has 0 radical (unpaired) electrons. The van der Waals surface area contributed by atoms with E-state index in [1.54, 1.807) is 6.08 Å². The topological polar surface area (TPSA) is 63.2 Å². The van der Waals surface area contributed by atoms with Gasteiger partial charge in [-0.15, -0.1) is 0 Å². The van der Waals surface area contributed by atoms with Gasteiger partial charge in [0.15, 0.2) is 4.99 Å². The van der Waals surface area contributed by atoms with Crippen molar-refractivity contribution in [2.24, 2.45) is 5.92 Å². The predicted molar refractivity (Wildman–Crippen MR) is 61.0 cm³/mol. The third-order valence-electron chi connectivity index (χ3n) is 2.32. The number of hydrogen-bond donors (Lipinski definition) is 1. The molecule has 1 aromatic rings. The minimum Gasteiger partial charge on any atom is -0.345 e. The average molecular weight is 235 g/mol. The van der Waals surface area contributed by atoms with Gasteiger partial charge >= 0.3 is 0 Å². The molecular weight excluding hydrogens is 226 g/mol. The van der Waals surface area contributed by atoms with Gasteiger partial charge in [-0.2, -0.15) is 8.42 Å². The van der Waals surface area contributed by atoms with Gasteiger partial charge in [-0.3, -0.25) is 0 Å². The molecule has 0 bridgehead atoms. The van der Waals surface area contributed by atoms with Crippen molar-refractivity contribution >= 4 is 27.3 Å². The normalized spacial score (nSPS) is 18.9. The molecule has 0 aromatic heterocycles. The number of carbonyl (C=O) groups excluding carboxylic acids is 1. The molecule has 82 valence electrons. The fourth-order valence-corrected chi connectivity index (χ4v) is 2.09. The van der Waals surface area contributed by atoms with Crippen LogP contribution in [0.2, 0.25) is 0 Å². The van der Waals surface area contributed by atoms with E-state index in [9.17, 15) is 13.2 Å². The third kappa shape index (κ3) is 1.90. The molecular formula is C11H9NO3S. The van der Waals surface area contributed by atoms with Crippen LogP contribution < -0.4 is 5.32 Å².